The molecule has 1 fully saturated rings. The largest absolute Gasteiger partial charge is 0.480 e. The highest BCUT2D eigenvalue weighted by Crippen LogP contribution is 2.25. The number of aliphatic carboxylic acids is 1. The van der Waals surface area contributed by atoms with Crippen LogP contribution in [0.3, 0.4) is 0 Å². The van der Waals surface area contributed by atoms with Gasteiger partial charge in [0.05, 0.1) is 13.1 Å². The fourth-order valence-electron chi connectivity index (χ4n) is 2.87. The van der Waals surface area contributed by atoms with Crippen LogP contribution in [0, 0.1) is 5.92 Å². The second-order valence-electron chi connectivity index (χ2n) is 5.75. The van der Waals surface area contributed by atoms with E-state index in [-0.39, 0.29) is 31.4 Å². The summed E-state index contributed by atoms with van der Waals surface area (Å²) >= 11 is 0. The molecule has 2 N–H and O–H groups in total. The van der Waals surface area contributed by atoms with Gasteiger partial charge in [0.25, 0.3) is 0 Å². The summed E-state index contributed by atoms with van der Waals surface area (Å²) < 4.78 is 0. The first-order chi connectivity index (χ1) is 9.61. The first kappa shape index (κ1) is 20.2. The van der Waals surface area contributed by atoms with Crippen molar-refractivity contribution >= 4 is 24.3 Å². The number of carbonyl (C=O) groups is 2. The summed E-state index contributed by atoms with van der Waals surface area (Å²) in [6.45, 7) is 3.46. The van der Waals surface area contributed by atoms with E-state index in [1.807, 2.05) is 6.92 Å². The molecule has 0 heterocycles. The molecule has 0 aromatic carbocycles. The minimum atomic E-state index is -0.881. The molecule has 0 atom stereocenters. The molecule has 6 heteroatoms. The minimum Gasteiger partial charge on any atom is -0.480 e. The number of nitrogens with zero attached hydrogens (tertiary/aromatic N) is 1. The van der Waals surface area contributed by atoms with Gasteiger partial charge in [-0.3, -0.25) is 14.5 Å². The van der Waals surface area contributed by atoms with Gasteiger partial charge in [0.2, 0.25) is 5.91 Å². The van der Waals surface area contributed by atoms with Crippen LogP contribution in [-0.4, -0.2) is 48.1 Å². The van der Waals surface area contributed by atoms with E-state index in [0.29, 0.717) is 6.54 Å². The molecule has 0 radical (unpaired) electrons. The SMILES string of the molecule is CCCN(CC(=O)O)CC(=O)NCCC1CCCCC1.Cl. The van der Waals surface area contributed by atoms with E-state index in [4.69, 9.17) is 5.11 Å². The zero-order chi connectivity index (χ0) is 14.8. The van der Waals surface area contributed by atoms with Crippen molar-refractivity contribution in [1.29, 1.82) is 0 Å². The van der Waals surface area contributed by atoms with Crippen molar-refractivity contribution in [2.45, 2.75) is 51.9 Å². The Morgan fingerprint density at radius 1 is 1.19 bits per heavy atom. The molecule has 1 rings (SSSR count). The highest BCUT2D eigenvalue weighted by atomic mass is 35.5. The van der Waals surface area contributed by atoms with Crippen LogP contribution in [0.5, 0.6) is 0 Å². The van der Waals surface area contributed by atoms with E-state index < -0.39 is 5.97 Å². The zero-order valence-corrected chi connectivity index (χ0v) is 13.8. The Morgan fingerprint density at radius 3 is 2.43 bits per heavy atom. The fraction of sp³-hybridized carbons (Fsp3) is 0.867. The van der Waals surface area contributed by atoms with Crippen LogP contribution in [-0.2, 0) is 9.59 Å². The molecule has 1 amide bonds. The Bertz CT molecular complexity index is 307. The molecule has 0 unspecified atom stereocenters. The smallest absolute Gasteiger partial charge is 0.317 e. The summed E-state index contributed by atoms with van der Waals surface area (Å²) in [6.07, 6.45) is 8.47. The number of rotatable bonds is 9. The predicted octanol–water partition coefficient (Wildman–Crippen LogP) is 2.29. The third kappa shape index (κ3) is 9.69. The highest BCUT2D eigenvalue weighted by Gasteiger charge is 2.15. The number of amides is 1. The van der Waals surface area contributed by atoms with Gasteiger partial charge in [-0.15, -0.1) is 12.4 Å². The van der Waals surface area contributed by atoms with Crippen LogP contribution in [0.4, 0.5) is 0 Å². The second-order valence-corrected chi connectivity index (χ2v) is 5.75. The van der Waals surface area contributed by atoms with E-state index in [1.54, 1.807) is 4.90 Å². The number of carboxylic acid groups (broad SMARTS) is 1. The van der Waals surface area contributed by atoms with Crippen molar-refractivity contribution in [2.75, 3.05) is 26.2 Å². The summed E-state index contributed by atoms with van der Waals surface area (Å²) in [5.74, 6) is -0.182. The molecule has 0 bridgehead atoms. The van der Waals surface area contributed by atoms with Crippen molar-refractivity contribution in [3.8, 4) is 0 Å². The van der Waals surface area contributed by atoms with Gasteiger partial charge in [0.15, 0.2) is 0 Å². The average molecular weight is 321 g/mol. The van der Waals surface area contributed by atoms with Crippen molar-refractivity contribution in [1.82, 2.24) is 10.2 Å². The predicted molar refractivity (Wildman–Crippen MR) is 85.8 cm³/mol. The maximum Gasteiger partial charge on any atom is 0.317 e. The summed E-state index contributed by atoms with van der Waals surface area (Å²) in [5.41, 5.74) is 0. The van der Waals surface area contributed by atoms with E-state index in [2.05, 4.69) is 5.32 Å². The molecule has 0 aliphatic heterocycles. The molecule has 21 heavy (non-hydrogen) atoms. The zero-order valence-electron chi connectivity index (χ0n) is 13.0. The monoisotopic (exact) mass is 320 g/mol. The van der Waals surface area contributed by atoms with E-state index in [0.717, 1.165) is 25.3 Å². The average Bonchev–Trinajstić information content (AvgIpc) is 2.39. The van der Waals surface area contributed by atoms with Gasteiger partial charge in [0.1, 0.15) is 0 Å². The quantitative estimate of drug-likeness (QED) is 0.684. The highest BCUT2D eigenvalue weighted by molar-refractivity contribution is 5.85. The summed E-state index contributed by atoms with van der Waals surface area (Å²) in [7, 11) is 0. The summed E-state index contributed by atoms with van der Waals surface area (Å²) in [4.78, 5) is 24.2. The first-order valence-corrected chi connectivity index (χ1v) is 7.82. The lowest BCUT2D eigenvalue weighted by molar-refractivity contribution is -0.138. The summed E-state index contributed by atoms with van der Waals surface area (Å²) in [5, 5.41) is 11.7. The van der Waals surface area contributed by atoms with Crippen molar-refractivity contribution < 1.29 is 14.7 Å². The second kappa shape index (κ2) is 11.8. The third-order valence-electron chi connectivity index (χ3n) is 3.87. The van der Waals surface area contributed by atoms with E-state index >= 15 is 0 Å². The number of nitrogens with one attached hydrogen (secondary N) is 1. The van der Waals surface area contributed by atoms with Gasteiger partial charge in [0, 0.05) is 6.54 Å². The molecule has 124 valence electrons. The van der Waals surface area contributed by atoms with Crippen molar-refractivity contribution in [3.63, 3.8) is 0 Å². The molecule has 0 aromatic rings. The number of hydrogen-bond donors (Lipinski definition) is 2. The van der Waals surface area contributed by atoms with Crippen LogP contribution in [0.1, 0.15) is 51.9 Å². The van der Waals surface area contributed by atoms with Crippen LogP contribution in [0.25, 0.3) is 0 Å². The Morgan fingerprint density at radius 2 is 1.86 bits per heavy atom. The van der Waals surface area contributed by atoms with E-state index in [1.165, 1.54) is 32.1 Å². The summed E-state index contributed by atoms with van der Waals surface area (Å²) in [6, 6.07) is 0. The number of halogens is 1. The Hall–Kier alpha value is -0.810. The lowest BCUT2D eigenvalue weighted by atomic mass is 9.87. The molecular formula is C15H29ClN2O3. The fourth-order valence-corrected chi connectivity index (χ4v) is 2.87. The lowest BCUT2D eigenvalue weighted by Crippen LogP contribution is -2.40. The van der Waals surface area contributed by atoms with Gasteiger partial charge in [-0.05, 0) is 25.3 Å². The number of hydrogen-bond acceptors (Lipinski definition) is 3. The van der Waals surface area contributed by atoms with Gasteiger partial charge in [-0.2, -0.15) is 0 Å². The molecule has 0 saturated heterocycles. The number of carbonyl (C=O) groups excluding carboxylic acids is 1. The normalized spacial score (nSPS) is 15.5. The molecule has 5 nitrogen and oxygen atoms in total. The molecule has 1 saturated carbocycles. The maximum absolute atomic E-state index is 11.8. The van der Waals surface area contributed by atoms with Gasteiger partial charge in [-0.25, -0.2) is 0 Å². The van der Waals surface area contributed by atoms with Crippen LogP contribution in [0.15, 0.2) is 0 Å². The Balaban J connectivity index is 0.00000400. The Labute approximate surface area is 133 Å². The molecular weight excluding hydrogens is 292 g/mol. The van der Waals surface area contributed by atoms with Crippen LogP contribution < -0.4 is 5.32 Å². The van der Waals surface area contributed by atoms with E-state index in [9.17, 15) is 9.59 Å². The lowest BCUT2D eigenvalue weighted by Gasteiger charge is -2.22. The van der Waals surface area contributed by atoms with Crippen LogP contribution in [0.2, 0.25) is 0 Å². The van der Waals surface area contributed by atoms with Crippen molar-refractivity contribution in [2.24, 2.45) is 5.92 Å². The standard InChI is InChI=1S/C15H28N2O3.ClH/c1-2-10-17(12-15(19)20)11-14(18)16-9-8-13-6-4-3-5-7-13;/h13H,2-12H2,1H3,(H,16,18)(H,19,20);1H. The maximum atomic E-state index is 11.8. The van der Waals surface area contributed by atoms with Crippen molar-refractivity contribution in [3.05, 3.63) is 0 Å². The molecule has 0 spiro atoms. The molecule has 1 aliphatic carbocycles. The topological polar surface area (TPSA) is 69.6 Å². The number of carboxylic acids is 1. The Kier molecular flexibility index (Phi) is 11.4. The van der Waals surface area contributed by atoms with Gasteiger partial charge in [-0.1, -0.05) is 39.0 Å². The van der Waals surface area contributed by atoms with Gasteiger partial charge >= 0.3 is 5.97 Å². The van der Waals surface area contributed by atoms with Gasteiger partial charge < -0.3 is 10.4 Å². The first-order valence-electron chi connectivity index (χ1n) is 7.82. The molecule has 0 aromatic heterocycles. The molecule has 1 aliphatic rings. The minimum absolute atomic E-state index is 0. The third-order valence-corrected chi connectivity index (χ3v) is 3.87. The van der Waals surface area contributed by atoms with Crippen LogP contribution >= 0.6 is 12.4 Å².